The summed E-state index contributed by atoms with van der Waals surface area (Å²) < 4.78 is 6.39. The average Bonchev–Trinajstić information content (AvgIpc) is 2.86. The molecule has 0 saturated carbocycles. The Balaban J connectivity index is 1.65. The molecule has 1 aliphatic rings. The predicted molar refractivity (Wildman–Crippen MR) is 129 cm³/mol. The van der Waals surface area contributed by atoms with Crippen LogP contribution in [0.15, 0.2) is 61.3 Å². The van der Waals surface area contributed by atoms with Crippen LogP contribution in [-0.2, 0) is 6.54 Å². The van der Waals surface area contributed by atoms with Gasteiger partial charge in [0.1, 0.15) is 11.7 Å². The van der Waals surface area contributed by atoms with Crippen LogP contribution in [0.5, 0.6) is 5.88 Å². The third kappa shape index (κ3) is 5.40. The molecule has 0 aliphatic carbocycles. The average molecular weight is 462 g/mol. The van der Waals surface area contributed by atoms with Crippen molar-refractivity contribution in [3.8, 4) is 17.0 Å². The van der Waals surface area contributed by atoms with E-state index in [1.807, 2.05) is 50.5 Å². The summed E-state index contributed by atoms with van der Waals surface area (Å²) in [6.45, 7) is 5.68. The van der Waals surface area contributed by atoms with Crippen molar-refractivity contribution in [2.45, 2.75) is 32.5 Å². The Kier molecular flexibility index (Phi) is 7.49. The van der Waals surface area contributed by atoms with E-state index in [0.717, 1.165) is 23.2 Å². The van der Waals surface area contributed by atoms with Gasteiger partial charge in [-0.2, -0.15) is 0 Å². The standard InChI is InChI=1S/C26H31N5O3/c1-18-14-31(19(2)17-32)26(33)23-11-22(21-6-9-27-10-7-21)13-29-25(23)34-24(18)16-30(3)15-20-5-4-8-28-12-20/h4-13,18-19,24,32H,14-17H2,1-3H3/t18-,19+,24+/m0/s1. The number of aliphatic hydroxyl groups excluding tert-OH is 1. The van der Waals surface area contributed by atoms with Crippen LogP contribution in [0.1, 0.15) is 29.8 Å². The molecule has 8 heteroatoms. The van der Waals surface area contributed by atoms with Crippen molar-refractivity contribution in [2.75, 3.05) is 26.7 Å². The summed E-state index contributed by atoms with van der Waals surface area (Å²) in [6.07, 6.45) is 8.58. The van der Waals surface area contributed by atoms with E-state index < -0.39 is 0 Å². The summed E-state index contributed by atoms with van der Waals surface area (Å²) in [5, 5.41) is 9.85. The molecular weight excluding hydrogens is 430 g/mol. The fourth-order valence-corrected chi connectivity index (χ4v) is 4.20. The van der Waals surface area contributed by atoms with Gasteiger partial charge in [-0.05, 0) is 49.4 Å². The van der Waals surface area contributed by atoms with Gasteiger partial charge in [-0.3, -0.25) is 19.7 Å². The van der Waals surface area contributed by atoms with E-state index in [-0.39, 0.29) is 30.6 Å². The number of rotatable bonds is 7. The molecule has 0 radical (unpaired) electrons. The second-order valence-corrected chi connectivity index (χ2v) is 8.99. The van der Waals surface area contributed by atoms with E-state index in [1.54, 1.807) is 29.7 Å². The Hall–Kier alpha value is -3.36. The van der Waals surface area contributed by atoms with Gasteiger partial charge in [-0.25, -0.2) is 4.98 Å². The van der Waals surface area contributed by atoms with E-state index in [4.69, 9.17) is 4.74 Å². The summed E-state index contributed by atoms with van der Waals surface area (Å²) in [7, 11) is 2.04. The number of ether oxygens (including phenoxy) is 1. The normalized spacial score (nSPS) is 19.2. The van der Waals surface area contributed by atoms with Crippen molar-refractivity contribution < 1.29 is 14.6 Å². The minimum Gasteiger partial charge on any atom is -0.472 e. The number of carbonyl (C=O) groups excluding carboxylic acids is 1. The van der Waals surface area contributed by atoms with Crippen LogP contribution in [0, 0.1) is 5.92 Å². The minimum absolute atomic E-state index is 0.0316. The first kappa shape index (κ1) is 23.8. The molecule has 1 aliphatic heterocycles. The smallest absolute Gasteiger partial charge is 0.259 e. The first-order chi connectivity index (χ1) is 16.5. The molecule has 34 heavy (non-hydrogen) atoms. The molecule has 1 amide bonds. The lowest BCUT2D eigenvalue weighted by Gasteiger charge is -2.37. The lowest BCUT2D eigenvalue weighted by molar-refractivity contribution is 0.0325. The van der Waals surface area contributed by atoms with Crippen molar-refractivity contribution in [2.24, 2.45) is 5.92 Å². The second-order valence-electron chi connectivity index (χ2n) is 8.99. The maximum Gasteiger partial charge on any atom is 0.259 e. The quantitative estimate of drug-likeness (QED) is 0.578. The summed E-state index contributed by atoms with van der Waals surface area (Å²) in [5.41, 5.74) is 3.26. The second kappa shape index (κ2) is 10.7. The number of aliphatic hydroxyl groups is 1. The zero-order chi connectivity index (χ0) is 24.1. The summed E-state index contributed by atoms with van der Waals surface area (Å²) in [4.78, 5) is 30.3. The zero-order valence-electron chi connectivity index (χ0n) is 19.8. The lowest BCUT2D eigenvalue weighted by Crippen LogP contribution is -2.49. The molecule has 0 saturated heterocycles. The molecule has 4 rings (SSSR count). The van der Waals surface area contributed by atoms with Crippen molar-refractivity contribution in [1.82, 2.24) is 24.8 Å². The van der Waals surface area contributed by atoms with Gasteiger partial charge < -0.3 is 14.7 Å². The van der Waals surface area contributed by atoms with Gasteiger partial charge in [-0.1, -0.05) is 13.0 Å². The Labute approximate surface area is 200 Å². The Bertz CT molecular complexity index is 1100. The van der Waals surface area contributed by atoms with E-state index in [1.165, 1.54) is 0 Å². The molecule has 0 bridgehead atoms. The number of hydrogen-bond acceptors (Lipinski definition) is 7. The van der Waals surface area contributed by atoms with Gasteiger partial charge in [0, 0.05) is 62.1 Å². The maximum absolute atomic E-state index is 13.6. The molecule has 3 aromatic heterocycles. The highest BCUT2D eigenvalue weighted by atomic mass is 16.5. The molecule has 0 aromatic carbocycles. The molecule has 178 valence electrons. The van der Waals surface area contributed by atoms with Crippen molar-refractivity contribution in [3.05, 3.63) is 72.4 Å². The summed E-state index contributed by atoms with van der Waals surface area (Å²) >= 11 is 0. The van der Waals surface area contributed by atoms with Crippen LogP contribution < -0.4 is 4.74 Å². The molecule has 1 N–H and O–H groups in total. The van der Waals surface area contributed by atoms with Gasteiger partial charge in [0.25, 0.3) is 5.91 Å². The molecule has 0 spiro atoms. The molecule has 3 aromatic rings. The number of amides is 1. The van der Waals surface area contributed by atoms with Crippen molar-refractivity contribution >= 4 is 5.91 Å². The van der Waals surface area contributed by atoms with E-state index >= 15 is 0 Å². The third-order valence-corrected chi connectivity index (χ3v) is 6.20. The highest BCUT2D eigenvalue weighted by Gasteiger charge is 2.34. The van der Waals surface area contributed by atoms with Crippen LogP contribution >= 0.6 is 0 Å². The van der Waals surface area contributed by atoms with E-state index in [2.05, 4.69) is 26.8 Å². The first-order valence-electron chi connectivity index (χ1n) is 11.5. The number of likely N-dealkylation sites (N-methyl/N-ethyl adjacent to an activating group) is 1. The minimum atomic E-state index is -0.320. The molecular formula is C26H31N5O3. The van der Waals surface area contributed by atoms with Gasteiger partial charge >= 0.3 is 0 Å². The number of fused-ring (bicyclic) bond motifs is 1. The number of pyridine rings is 3. The monoisotopic (exact) mass is 461 g/mol. The number of carbonyl (C=O) groups is 1. The molecule has 8 nitrogen and oxygen atoms in total. The Morgan fingerprint density at radius 3 is 2.68 bits per heavy atom. The zero-order valence-corrected chi connectivity index (χ0v) is 19.8. The van der Waals surface area contributed by atoms with Crippen LogP contribution in [0.4, 0.5) is 0 Å². The number of nitrogens with zero attached hydrogens (tertiary/aromatic N) is 5. The Morgan fingerprint density at radius 1 is 1.18 bits per heavy atom. The molecule has 4 heterocycles. The highest BCUT2D eigenvalue weighted by molar-refractivity contribution is 5.98. The highest BCUT2D eigenvalue weighted by Crippen LogP contribution is 2.30. The van der Waals surface area contributed by atoms with Crippen LogP contribution in [-0.4, -0.2) is 74.7 Å². The van der Waals surface area contributed by atoms with E-state index in [0.29, 0.717) is 24.5 Å². The van der Waals surface area contributed by atoms with Gasteiger partial charge in [0.2, 0.25) is 5.88 Å². The maximum atomic E-state index is 13.6. The van der Waals surface area contributed by atoms with Crippen LogP contribution in [0.25, 0.3) is 11.1 Å². The fraction of sp³-hybridized carbons (Fsp3) is 0.385. The Morgan fingerprint density at radius 2 is 1.97 bits per heavy atom. The molecule has 0 unspecified atom stereocenters. The SMILES string of the molecule is C[C@H](CO)N1C[C@H](C)[C@@H](CN(C)Cc2cccnc2)Oc2ncc(-c3ccncc3)cc2C1=O. The van der Waals surface area contributed by atoms with Gasteiger partial charge in [0.05, 0.1) is 12.6 Å². The van der Waals surface area contributed by atoms with Crippen molar-refractivity contribution in [3.63, 3.8) is 0 Å². The predicted octanol–water partition coefficient (Wildman–Crippen LogP) is 2.89. The third-order valence-electron chi connectivity index (χ3n) is 6.20. The van der Waals surface area contributed by atoms with Crippen molar-refractivity contribution in [1.29, 1.82) is 0 Å². The molecule has 3 atom stereocenters. The number of aromatic nitrogens is 3. The largest absolute Gasteiger partial charge is 0.472 e. The summed E-state index contributed by atoms with van der Waals surface area (Å²) in [6, 6.07) is 9.24. The number of hydrogen-bond donors (Lipinski definition) is 1. The lowest BCUT2D eigenvalue weighted by atomic mass is 9.99. The van der Waals surface area contributed by atoms with E-state index in [9.17, 15) is 9.90 Å². The molecule has 0 fully saturated rings. The van der Waals surface area contributed by atoms with Gasteiger partial charge in [0.15, 0.2) is 0 Å². The first-order valence-corrected chi connectivity index (χ1v) is 11.5. The fourth-order valence-electron chi connectivity index (χ4n) is 4.20. The topological polar surface area (TPSA) is 91.7 Å². The summed E-state index contributed by atoms with van der Waals surface area (Å²) in [5.74, 6) is 0.169. The van der Waals surface area contributed by atoms with Crippen LogP contribution in [0.3, 0.4) is 0 Å². The van der Waals surface area contributed by atoms with Gasteiger partial charge in [-0.15, -0.1) is 0 Å². The van der Waals surface area contributed by atoms with Crippen LogP contribution in [0.2, 0.25) is 0 Å².